The molecule has 0 amide bonds. The van der Waals surface area contributed by atoms with E-state index in [1.54, 1.807) is 7.11 Å². The first-order valence-corrected chi connectivity index (χ1v) is 7.28. The Hall–Kier alpha value is -0.770. The van der Waals surface area contributed by atoms with E-state index in [1.165, 1.54) is 25.9 Å². The van der Waals surface area contributed by atoms with Crippen molar-refractivity contribution in [1.29, 1.82) is 0 Å². The summed E-state index contributed by atoms with van der Waals surface area (Å²) in [5.41, 5.74) is 1.13. The van der Waals surface area contributed by atoms with Gasteiger partial charge in [0.15, 0.2) is 0 Å². The first-order valence-electron chi connectivity index (χ1n) is 6.90. The standard InChI is InChI=1S/C15H23ClN2O/c1-18-7-5-12(6-8-18)10-17-11-13-9-14(16)3-4-15(13)19-2/h3-4,9,12,17H,5-8,10-11H2,1-2H3. The third-order valence-electron chi connectivity index (χ3n) is 3.83. The summed E-state index contributed by atoms with van der Waals surface area (Å²) < 4.78 is 5.35. The Kier molecular flexibility index (Phi) is 5.49. The van der Waals surface area contributed by atoms with E-state index in [1.807, 2.05) is 18.2 Å². The number of nitrogens with zero attached hydrogens (tertiary/aromatic N) is 1. The van der Waals surface area contributed by atoms with E-state index in [0.29, 0.717) is 0 Å². The Morgan fingerprint density at radius 3 is 2.79 bits per heavy atom. The molecule has 1 aliphatic rings. The van der Waals surface area contributed by atoms with Crippen molar-refractivity contribution in [3.8, 4) is 5.75 Å². The zero-order valence-corrected chi connectivity index (χ0v) is 12.5. The maximum atomic E-state index is 6.03. The smallest absolute Gasteiger partial charge is 0.123 e. The quantitative estimate of drug-likeness (QED) is 0.899. The van der Waals surface area contributed by atoms with Crippen LogP contribution in [0.15, 0.2) is 18.2 Å². The van der Waals surface area contributed by atoms with Crippen LogP contribution in [0.1, 0.15) is 18.4 Å². The average molecular weight is 283 g/mol. The fraction of sp³-hybridized carbons (Fsp3) is 0.600. The molecule has 1 aliphatic heterocycles. The van der Waals surface area contributed by atoms with E-state index in [0.717, 1.165) is 35.3 Å². The van der Waals surface area contributed by atoms with E-state index in [2.05, 4.69) is 17.3 Å². The molecule has 3 nitrogen and oxygen atoms in total. The maximum Gasteiger partial charge on any atom is 0.123 e. The molecule has 1 aromatic rings. The van der Waals surface area contributed by atoms with Crippen molar-refractivity contribution in [3.05, 3.63) is 28.8 Å². The van der Waals surface area contributed by atoms with Crippen molar-refractivity contribution in [2.75, 3.05) is 33.8 Å². The summed E-state index contributed by atoms with van der Waals surface area (Å²) in [5.74, 6) is 1.70. The lowest BCUT2D eigenvalue weighted by molar-refractivity contribution is 0.216. The second-order valence-corrected chi connectivity index (χ2v) is 5.77. The highest BCUT2D eigenvalue weighted by Crippen LogP contribution is 2.22. The van der Waals surface area contributed by atoms with Gasteiger partial charge in [-0.05, 0) is 63.6 Å². The summed E-state index contributed by atoms with van der Waals surface area (Å²) >= 11 is 6.03. The second kappa shape index (κ2) is 7.13. The number of nitrogens with one attached hydrogen (secondary N) is 1. The summed E-state index contributed by atoms with van der Waals surface area (Å²) in [4.78, 5) is 2.40. The van der Waals surface area contributed by atoms with Gasteiger partial charge in [-0.2, -0.15) is 0 Å². The molecule has 1 fully saturated rings. The minimum atomic E-state index is 0.761. The SMILES string of the molecule is COc1ccc(Cl)cc1CNCC1CCN(C)CC1. The van der Waals surface area contributed by atoms with Crippen LogP contribution in [-0.4, -0.2) is 38.7 Å². The zero-order chi connectivity index (χ0) is 13.7. The van der Waals surface area contributed by atoms with Crippen molar-refractivity contribution in [1.82, 2.24) is 10.2 Å². The number of methoxy groups -OCH3 is 1. The van der Waals surface area contributed by atoms with E-state index >= 15 is 0 Å². The molecule has 106 valence electrons. The molecule has 0 unspecified atom stereocenters. The third-order valence-corrected chi connectivity index (χ3v) is 4.06. The lowest BCUT2D eigenvalue weighted by Gasteiger charge is -2.29. The van der Waals surface area contributed by atoms with Crippen LogP contribution in [0.2, 0.25) is 5.02 Å². The molecule has 0 aromatic heterocycles. The Balaban J connectivity index is 1.80. The molecule has 1 N–H and O–H groups in total. The summed E-state index contributed by atoms with van der Waals surface area (Å²) in [5, 5.41) is 4.29. The Morgan fingerprint density at radius 2 is 2.11 bits per heavy atom. The monoisotopic (exact) mass is 282 g/mol. The number of likely N-dealkylation sites (tertiary alicyclic amines) is 1. The summed E-state index contributed by atoms with van der Waals surface area (Å²) in [6.45, 7) is 4.32. The second-order valence-electron chi connectivity index (χ2n) is 5.33. The van der Waals surface area contributed by atoms with Crippen LogP contribution in [0.4, 0.5) is 0 Å². The van der Waals surface area contributed by atoms with Crippen LogP contribution in [0.5, 0.6) is 5.75 Å². The average Bonchev–Trinajstić information content (AvgIpc) is 2.41. The lowest BCUT2D eigenvalue weighted by Crippen LogP contribution is -2.34. The van der Waals surface area contributed by atoms with Gasteiger partial charge in [0.2, 0.25) is 0 Å². The normalized spacial score (nSPS) is 17.6. The first-order chi connectivity index (χ1) is 9.19. The number of benzene rings is 1. The summed E-state index contributed by atoms with van der Waals surface area (Å²) in [7, 11) is 3.89. The van der Waals surface area contributed by atoms with Crippen LogP contribution >= 0.6 is 11.6 Å². The minimum Gasteiger partial charge on any atom is -0.496 e. The van der Waals surface area contributed by atoms with Crippen LogP contribution in [0.3, 0.4) is 0 Å². The number of piperidine rings is 1. The predicted octanol–water partition coefficient (Wildman–Crippen LogP) is 2.78. The Bertz CT molecular complexity index is 403. The highest BCUT2D eigenvalue weighted by molar-refractivity contribution is 6.30. The molecule has 1 aromatic carbocycles. The van der Waals surface area contributed by atoms with Crippen molar-refractivity contribution in [2.24, 2.45) is 5.92 Å². The zero-order valence-electron chi connectivity index (χ0n) is 11.8. The van der Waals surface area contributed by atoms with Crippen molar-refractivity contribution >= 4 is 11.6 Å². The summed E-state index contributed by atoms with van der Waals surface area (Å²) in [6, 6.07) is 5.76. The molecule has 4 heteroatoms. The van der Waals surface area contributed by atoms with Gasteiger partial charge < -0.3 is 15.0 Å². The molecule has 1 heterocycles. The van der Waals surface area contributed by atoms with Gasteiger partial charge in [0, 0.05) is 17.1 Å². The highest BCUT2D eigenvalue weighted by atomic mass is 35.5. The molecule has 0 saturated carbocycles. The van der Waals surface area contributed by atoms with Gasteiger partial charge in [0.25, 0.3) is 0 Å². The van der Waals surface area contributed by atoms with Crippen molar-refractivity contribution < 1.29 is 4.74 Å². The molecule has 1 saturated heterocycles. The predicted molar refractivity (Wildman–Crippen MR) is 79.9 cm³/mol. The molecule has 0 atom stereocenters. The molecule has 19 heavy (non-hydrogen) atoms. The van der Waals surface area contributed by atoms with Crippen molar-refractivity contribution in [2.45, 2.75) is 19.4 Å². The van der Waals surface area contributed by atoms with Gasteiger partial charge in [-0.3, -0.25) is 0 Å². The van der Waals surface area contributed by atoms with Crippen LogP contribution in [0.25, 0.3) is 0 Å². The fourth-order valence-electron chi connectivity index (χ4n) is 2.56. The highest BCUT2D eigenvalue weighted by Gasteiger charge is 2.16. The van der Waals surface area contributed by atoms with E-state index in [9.17, 15) is 0 Å². The topological polar surface area (TPSA) is 24.5 Å². The number of rotatable bonds is 5. The van der Waals surface area contributed by atoms with Crippen LogP contribution in [0, 0.1) is 5.92 Å². The number of halogens is 1. The maximum absolute atomic E-state index is 6.03. The van der Waals surface area contributed by atoms with Crippen LogP contribution < -0.4 is 10.1 Å². The lowest BCUT2D eigenvalue weighted by atomic mass is 9.97. The van der Waals surface area contributed by atoms with Gasteiger partial charge in [-0.1, -0.05) is 11.6 Å². The third kappa shape index (κ3) is 4.37. The molecule has 0 spiro atoms. The van der Waals surface area contributed by atoms with Gasteiger partial charge in [-0.25, -0.2) is 0 Å². The van der Waals surface area contributed by atoms with E-state index in [-0.39, 0.29) is 0 Å². The number of ether oxygens (including phenoxy) is 1. The van der Waals surface area contributed by atoms with Crippen LogP contribution in [-0.2, 0) is 6.54 Å². The fourth-order valence-corrected chi connectivity index (χ4v) is 2.76. The molecule has 0 aliphatic carbocycles. The molecule has 0 radical (unpaired) electrons. The van der Waals surface area contributed by atoms with Gasteiger partial charge in [0.05, 0.1) is 7.11 Å². The first kappa shape index (κ1) is 14.6. The number of hydrogen-bond acceptors (Lipinski definition) is 3. The number of hydrogen-bond donors (Lipinski definition) is 1. The Labute approximate surface area is 120 Å². The van der Waals surface area contributed by atoms with Crippen molar-refractivity contribution in [3.63, 3.8) is 0 Å². The molecule has 0 bridgehead atoms. The molecule has 2 rings (SSSR count). The van der Waals surface area contributed by atoms with E-state index < -0.39 is 0 Å². The van der Waals surface area contributed by atoms with E-state index in [4.69, 9.17) is 16.3 Å². The minimum absolute atomic E-state index is 0.761. The molecular weight excluding hydrogens is 260 g/mol. The summed E-state index contributed by atoms with van der Waals surface area (Å²) in [6.07, 6.45) is 2.58. The largest absolute Gasteiger partial charge is 0.496 e. The van der Waals surface area contributed by atoms with Gasteiger partial charge in [-0.15, -0.1) is 0 Å². The molecular formula is C15H23ClN2O. The van der Waals surface area contributed by atoms with Gasteiger partial charge in [0.1, 0.15) is 5.75 Å². The van der Waals surface area contributed by atoms with Gasteiger partial charge >= 0.3 is 0 Å². The Morgan fingerprint density at radius 1 is 1.37 bits per heavy atom.